The highest BCUT2D eigenvalue weighted by Crippen LogP contribution is 2.36. The van der Waals surface area contributed by atoms with Gasteiger partial charge in [0.1, 0.15) is 23.8 Å². The minimum absolute atomic E-state index is 0.0340. The number of halogens is 6. The van der Waals surface area contributed by atoms with E-state index in [1.165, 1.54) is 12.5 Å². The van der Waals surface area contributed by atoms with Gasteiger partial charge in [-0.1, -0.05) is 0 Å². The van der Waals surface area contributed by atoms with E-state index in [1.807, 2.05) is 0 Å². The van der Waals surface area contributed by atoms with Gasteiger partial charge in [0, 0.05) is 50.3 Å². The van der Waals surface area contributed by atoms with Crippen LogP contribution in [0, 0.1) is 0 Å². The summed E-state index contributed by atoms with van der Waals surface area (Å²) in [5.41, 5.74) is 0.129. The Hall–Kier alpha value is -2.90. The van der Waals surface area contributed by atoms with Crippen LogP contribution in [0.5, 0.6) is 0 Å². The third-order valence-corrected chi connectivity index (χ3v) is 6.90. The van der Waals surface area contributed by atoms with Crippen LogP contribution in [0.2, 0.25) is 0 Å². The molecule has 0 saturated carbocycles. The molecule has 8 nitrogen and oxygen atoms in total. The fraction of sp³-hybridized carbons (Fsp3) is 0.652. The fourth-order valence-electron chi connectivity index (χ4n) is 5.12. The standard InChI is InChI=1S/C22H28F3N7O.CHF3/c23-22(24,25)17-13-32(12-11-30-7-1-2-8-30)20(28-17)15-5-9-31(10-6-15)21-16-3-4-18(33)29-19(16)26-14-27-21;2-1(3)4/h13-15H,1-12H2,(H,26,27,29,33);1H. The first-order chi connectivity index (χ1) is 17.6. The van der Waals surface area contributed by atoms with Crippen molar-refractivity contribution in [2.75, 3.05) is 42.9 Å². The molecule has 2 aromatic heterocycles. The van der Waals surface area contributed by atoms with Crippen molar-refractivity contribution < 1.29 is 31.1 Å². The lowest BCUT2D eigenvalue weighted by Crippen LogP contribution is -2.36. The van der Waals surface area contributed by atoms with Crippen LogP contribution in [-0.2, 0) is 23.9 Å². The monoisotopic (exact) mass is 533 g/mol. The molecular formula is C23H29F6N7O. The first-order valence-electron chi connectivity index (χ1n) is 12.3. The lowest BCUT2D eigenvalue weighted by Gasteiger charge is -2.34. The van der Waals surface area contributed by atoms with E-state index < -0.39 is 18.5 Å². The number of rotatable bonds is 5. The van der Waals surface area contributed by atoms with E-state index in [-0.39, 0.29) is 11.8 Å². The number of piperidine rings is 1. The maximum Gasteiger partial charge on any atom is 0.434 e. The molecule has 0 aromatic carbocycles. The number of alkyl halides is 6. The first kappa shape index (κ1) is 27.1. The SMILES string of the molecule is FC(F)F.O=C1CCc2c(ncnc2N2CCC(c3nc(C(F)(F)F)cn3CCN3CCCC3)CC2)N1. The zero-order valence-corrected chi connectivity index (χ0v) is 20.2. The lowest BCUT2D eigenvalue weighted by atomic mass is 9.95. The quantitative estimate of drug-likeness (QED) is 0.580. The number of nitrogens with zero attached hydrogens (tertiary/aromatic N) is 6. The fourth-order valence-corrected chi connectivity index (χ4v) is 5.12. The van der Waals surface area contributed by atoms with Crippen LogP contribution < -0.4 is 10.2 Å². The highest BCUT2D eigenvalue weighted by molar-refractivity contribution is 5.93. The van der Waals surface area contributed by atoms with Crippen molar-refractivity contribution in [1.29, 1.82) is 0 Å². The molecule has 14 heteroatoms. The molecule has 2 aromatic rings. The predicted octanol–water partition coefficient (Wildman–Crippen LogP) is 4.23. The molecule has 0 aliphatic carbocycles. The third-order valence-electron chi connectivity index (χ3n) is 6.90. The second kappa shape index (κ2) is 11.7. The van der Waals surface area contributed by atoms with E-state index in [0.29, 0.717) is 57.0 Å². The number of fused-ring (bicyclic) bond motifs is 1. The molecule has 0 spiro atoms. The second-order valence-electron chi connectivity index (χ2n) is 9.31. The number of hydrogen-bond donors (Lipinski definition) is 1. The van der Waals surface area contributed by atoms with Crippen molar-refractivity contribution in [3.8, 4) is 0 Å². The van der Waals surface area contributed by atoms with Crippen LogP contribution in [0.25, 0.3) is 0 Å². The summed E-state index contributed by atoms with van der Waals surface area (Å²) in [6, 6.07) is 0. The lowest BCUT2D eigenvalue weighted by molar-refractivity contribution is -0.141. The van der Waals surface area contributed by atoms with Gasteiger partial charge in [-0.25, -0.2) is 15.0 Å². The minimum Gasteiger partial charge on any atom is -0.356 e. The summed E-state index contributed by atoms with van der Waals surface area (Å²) in [5, 5.41) is 2.79. The van der Waals surface area contributed by atoms with Crippen LogP contribution in [-0.4, -0.2) is 69.7 Å². The second-order valence-corrected chi connectivity index (χ2v) is 9.31. The van der Waals surface area contributed by atoms with Gasteiger partial charge in [0.25, 0.3) is 0 Å². The van der Waals surface area contributed by atoms with Gasteiger partial charge in [0.05, 0.1) is 0 Å². The molecule has 204 valence electrons. The average molecular weight is 534 g/mol. The van der Waals surface area contributed by atoms with E-state index in [9.17, 15) is 31.1 Å². The maximum absolute atomic E-state index is 13.4. The topological polar surface area (TPSA) is 79.2 Å². The molecule has 0 bridgehead atoms. The van der Waals surface area contributed by atoms with Crippen molar-refractivity contribution in [2.24, 2.45) is 0 Å². The van der Waals surface area contributed by atoms with Gasteiger partial charge in [-0.2, -0.15) is 26.3 Å². The Kier molecular flexibility index (Phi) is 8.55. The molecule has 5 heterocycles. The van der Waals surface area contributed by atoms with Gasteiger partial charge < -0.3 is 19.7 Å². The number of aromatic nitrogens is 4. The molecule has 2 fully saturated rings. The maximum atomic E-state index is 13.4. The van der Waals surface area contributed by atoms with Gasteiger partial charge in [-0.3, -0.25) is 4.79 Å². The molecule has 3 aliphatic rings. The highest BCUT2D eigenvalue weighted by Gasteiger charge is 2.37. The number of imidazole rings is 1. The van der Waals surface area contributed by atoms with E-state index in [4.69, 9.17) is 0 Å². The van der Waals surface area contributed by atoms with E-state index >= 15 is 0 Å². The molecular weight excluding hydrogens is 504 g/mol. The molecule has 3 aliphatic heterocycles. The van der Waals surface area contributed by atoms with Crippen molar-refractivity contribution in [2.45, 2.75) is 63.8 Å². The number of carbonyl (C=O) groups is 1. The highest BCUT2D eigenvalue weighted by atomic mass is 19.4. The molecule has 0 radical (unpaired) electrons. The number of hydrogen-bond acceptors (Lipinski definition) is 6. The molecule has 0 atom stereocenters. The van der Waals surface area contributed by atoms with Crippen molar-refractivity contribution in [3.63, 3.8) is 0 Å². The van der Waals surface area contributed by atoms with E-state index in [0.717, 1.165) is 43.9 Å². The van der Waals surface area contributed by atoms with Gasteiger partial charge in [-0.15, -0.1) is 0 Å². The van der Waals surface area contributed by atoms with Gasteiger partial charge >= 0.3 is 12.9 Å². The van der Waals surface area contributed by atoms with Crippen LogP contribution in [0.3, 0.4) is 0 Å². The summed E-state index contributed by atoms with van der Waals surface area (Å²) in [6.45, 7) is 0.970. The molecule has 1 amide bonds. The number of nitrogens with one attached hydrogen (secondary N) is 1. The minimum atomic E-state index is -4.45. The summed E-state index contributed by atoms with van der Waals surface area (Å²) in [5.74, 6) is 1.83. The molecule has 37 heavy (non-hydrogen) atoms. The van der Waals surface area contributed by atoms with Gasteiger partial charge in [-0.05, 0) is 45.2 Å². The Labute approximate surface area is 210 Å². The summed E-state index contributed by atoms with van der Waals surface area (Å²) in [4.78, 5) is 28.8. The Bertz CT molecular complexity index is 1060. The molecule has 1 N–H and O–H groups in total. The zero-order valence-electron chi connectivity index (χ0n) is 20.2. The van der Waals surface area contributed by atoms with Gasteiger partial charge in [0.15, 0.2) is 5.69 Å². The van der Waals surface area contributed by atoms with Crippen LogP contribution in [0.4, 0.5) is 38.0 Å². The Morgan fingerprint density at radius 2 is 1.68 bits per heavy atom. The van der Waals surface area contributed by atoms with Crippen molar-refractivity contribution in [3.05, 3.63) is 29.6 Å². The third kappa shape index (κ3) is 6.90. The summed E-state index contributed by atoms with van der Waals surface area (Å²) < 4.78 is 71.0. The van der Waals surface area contributed by atoms with Crippen LogP contribution in [0.1, 0.15) is 55.1 Å². The van der Waals surface area contributed by atoms with Crippen molar-refractivity contribution in [1.82, 2.24) is 24.4 Å². The van der Waals surface area contributed by atoms with Gasteiger partial charge in [0.2, 0.25) is 5.91 Å². The summed E-state index contributed by atoms with van der Waals surface area (Å²) in [6.07, 6.45) is 2.88. The number of anilines is 2. The molecule has 5 rings (SSSR count). The normalized spacial score (nSPS) is 19.0. The number of amides is 1. The smallest absolute Gasteiger partial charge is 0.356 e. The van der Waals surface area contributed by atoms with E-state index in [1.54, 1.807) is 4.57 Å². The van der Waals surface area contributed by atoms with Crippen LogP contribution >= 0.6 is 0 Å². The number of likely N-dealkylation sites (tertiary alicyclic amines) is 1. The Morgan fingerprint density at radius 3 is 2.32 bits per heavy atom. The zero-order chi connectivity index (χ0) is 26.6. The summed E-state index contributed by atoms with van der Waals surface area (Å²) in [7, 11) is 0. The molecule has 0 unspecified atom stereocenters. The van der Waals surface area contributed by atoms with E-state index in [2.05, 4.69) is 30.1 Å². The average Bonchev–Trinajstić information content (AvgIpc) is 3.52. The number of carbonyl (C=O) groups excluding carboxylic acids is 1. The Balaban J connectivity index is 0.000000747. The molecule has 2 saturated heterocycles. The Morgan fingerprint density at radius 1 is 1.00 bits per heavy atom. The predicted molar refractivity (Wildman–Crippen MR) is 123 cm³/mol. The van der Waals surface area contributed by atoms with Crippen molar-refractivity contribution >= 4 is 17.5 Å². The largest absolute Gasteiger partial charge is 0.434 e. The summed E-state index contributed by atoms with van der Waals surface area (Å²) >= 11 is 0. The first-order valence-corrected chi connectivity index (χ1v) is 12.3. The van der Waals surface area contributed by atoms with Crippen LogP contribution in [0.15, 0.2) is 12.5 Å².